The number of nitrogens with zero attached hydrogens (tertiary/aromatic N) is 2. The largest absolute Gasteiger partial charge is 0.313 e. The number of hydrogen-bond acceptors (Lipinski definition) is 1. The molecule has 0 N–H and O–H groups in total. The first-order valence-corrected chi connectivity index (χ1v) is 31.2. The van der Waals surface area contributed by atoms with Gasteiger partial charge in [0.15, 0.2) is 0 Å². The summed E-state index contributed by atoms with van der Waals surface area (Å²) in [5.74, 6) is 0. The average Bonchev–Trinajstić information content (AvgIpc) is 2.09. The molecular weight excluding hydrogens is 1040 g/mol. The van der Waals surface area contributed by atoms with Gasteiger partial charge in [-0.1, -0.05) is 229 Å². The topological polar surface area (TPSA) is 9.86 Å². The van der Waals surface area contributed by atoms with Gasteiger partial charge in [0.2, 0.25) is 0 Å². The highest BCUT2D eigenvalue weighted by molar-refractivity contribution is 7.18. The molecule has 85 heavy (non-hydrogen) atoms. The maximum Gasteiger partial charge on any atom is 0.0538 e. The van der Waals surface area contributed by atoms with Crippen molar-refractivity contribution in [2.45, 2.75) is 119 Å². The molecule has 0 aliphatic heterocycles. The Kier molecular flexibility index (Phi) is 13.5. The third-order valence-electron chi connectivity index (χ3n) is 18.0. The number of benzene rings is 10. The van der Waals surface area contributed by atoms with Crippen LogP contribution < -0.4 is 0 Å². The van der Waals surface area contributed by atoms with Gasteiger partial charge in [0.05, 0.1) is 11.0 Å². The molecule has 2 nitrogen and oxygen atoms in total. The van der Waals surface area contributed by atoms with Gasteiger partial charge in [-0.25, -0.2) is 0 Å². The molecule has 0 unspecified atom stereocenters. The molecule has 13 rings (SSSR count). The molecule has 10 aromatic carbocycles. The summed E-state index contributed by atoms with van der Waals surface area (Å²) in [4.78, 5) is 2.53. The van der Waals surface area contributed by atoms with Crippen LogP contribution in [0, 0.1) is 13.8 Å². The lowest BCUT2D eigenvalue weighted by Gasteiger charge is -2.19. The van der Waals surface area contributed by atoms with E-state index in [-0.39, 0.29) is 21.7 Å². The fraction of sp³-hybridized carbons (Fsp3) is 0.220. The van der Waals surface area contributed by atoms with Crippen molar-refractivity contribution < 1.29 is 0 Å². The zero-order valence-corrected chi connectivity index (χ0v) is 52.9. The average molecular weight is 1120 g/mol. The van der Waals surface area contributed by atoms with Crippen LogP contribution in [0.15, 0.2) is 218 Å². The van der Waals surface area contributed by atoms with Crippen molar-refractivity contribution in [2.75, 3.05) is 0 Å². The summed E-state index contributed by atoms with van der Waals surface area (Å²) in [6.07, 6.45) is 0. The van der Waals surface area contributed by atoms with Gasteiger partial charge in [-0.3, -0.25) is 0 Å². The first-order valence-electron chi connectivity index (χ1n) is 30.4. The smallest absolute Gasteiger partial charge is 0.0538 e. The lowest BCUT2D eigenvalue weighted by molar-refractivity contribution is 0.590. The quantitative estimate of drug-likeness (QED) is 0.144. The van der Waals surface area contributed by atoms with Crippen LogP contribution in [0.1, 0.15) is 117 Å². The van der Waals surface area contributed by atoms with E-state index >= 15 is 0 Å². The summed E-state index contributed by atoms with van der Waals surface area (Å²) in [7, 11) is 0. The van der Waals surface area contributed by atoms with Gasteiger partial charge in [0.1, 0.15) is 0 Å². The Morgan fingerprint density at radius 2 is 0.541 bits per heavy atom. The zero-order chi connectivity index (χ0) is 59.5. The van der Waals surface area contributed by atoms with Crippen molar-refractivity contribution in [3.63, 3.8) is 0 Å². The van der Waals surface area contributed by atoms with Crippen LogP contribution in [0.25, 0.3) is 120 Å². The lowest BCUT2D eigenvalue weighted by atomic mass is 9.85. The highest BCUT2D eigenvalue weighted by Gasteiger charge is 2.24. The minimum absolute atomic E-state index is 0.0781. The third kappa shape index (κ3) is 10.4. The number of hydrogen-bond donors (Lipinski definition) is 0. The normalized spacial score (nSPS) is 12.6. The van der Waals surface area contributed by atoms with Crippen molar-refractivity contribution in [2.24, 2.45) is 0 Å². The molecule has 0 fully saturated rings. The standard InChI is InChI=1S/C82H78N2S/c1-51-77(55-23-35-67(36-24-55)81(9,10)11)71-49-61(53-19-31-65(32-20-53)79(3,4)5)29-41-73(71)83(51)69-39-27-57-45-63(17-15-59(57)47-69)75-43-44-76(85-75)64-18-16-60-48-70(40-28-58(60)46-64)84-52(2)78(56-25-37-68(38-26-56)82(12,13)14)72-50-62(30-42-74(72)84)54-21-33-66(34-22-54)80(6,7)8/h15-50H,1-14H3. The second kappa shape index (κ2) is 20.6. The van der Waals surface area contributed by atoms with Crippen LogP contribution in [0.2, 0.25) is 0 Å². The van der Waals surface area contributed by atoms with Gasteiger partial charge >= 0.3 is 0 Å². The van der Waals surface area contributed by atoms with E-state index in [0.717, 1.165) is 0 Å². The second-order valence-corrected chi connectivity index (χ2v) is 29.1. The van der Waals surface area contributed by atoms with Crippen LogP contribution in [0.5, 0.6) is 0 Å². The molecule has 0 atom stereocenters. The number of aromatic nitrogens is 2. The van der Waals surface area contributed by atoms with Gasteiger partial charge in [-0.15, -0.1) is 11.3 Å². The van der Waals surface area contributed by atoms with E-state index in [2.05, 4.69) is 324 Å². The van der Waals surface area contributed by atoms with E-state index in [1.165, 1.54) is 154 Å². The molecule has 0 saturated heterocycles. The Morgan fingerprint density at radius 1 is 0.259 bits per heavy atom. The van der Waals surface area contributed by atoms with Crippen LogP contribution in [0.4, 0.5) is 0 Å². The Hall–Kier alpha value is -8.50. The Balaban J connectivity index is 0.804. The summed E-state index contributed by atoms with van der Waals surface area (Å²) in [6.45, 7) is 32.0. The van der Waals surface area contributed by atoms with Crippen molar-refractivity contribution in [1.82, 2.24) is 9.13 Å². The number of fused-ring (bicyclic) bond motifs is 4. The third-order valence-corrected chi connectivity index (χ3v) is 19.2. The first-order chi connectivity index (χ1) is 40.4. The fourth-order valence-electron chi connectivity index (χ4n) is 12.9. The molecule has 13 aromatic rings. The summed E-state index contributed by atoms with van der Waals surface area (Å²) in [5.41, 5.74) is 25.4. The fourth-order valence-corrected chi connectivity index (χ4v) is 13.9. The van der Waals surface area contributed by atoms with E-state index in [1.807, 2.05) is 11.3 Å². The van der Waals surface area contributed by atoms with Gasteiger partial charge in [-0.05, 0) is 197 Å². The van der Waals surface area contributed by atoms with Crippen LogP contribution in [0.3, 0.4) is 0 Å². The van der Waals surface area contributed by atoms with Crippen LogP contribution in [-0.4, -0.2) is 9.13 Å². The molecule has 3 aromatic heterocycles. The van der Waals surface area contributed by atoms with E-state index in [4.69, 9.17) is 0 Å². The van der Waals surface area contributed by atoms with Crippen molar-refractivity contribution in [1.29, 1.82) is 0 Å². The molecule has 0 radical (unpaired) electrons. The van der Waals surface area contributed by atoms with E-state index in [0.29, 0.717) is 0 Å². The summed E-state index contributed by atoms with van der Waals surface area (Å²) in [6, 6.07) is 83.4. The molecule has 0 amide bonds. The van der Waals surface area contributed by atoms with Gasteiger partial charge in [0, 0.05) is 54.4 Å². The van der Waals surface area contributed by atoms with Gasteiger partial charge in [-0.2, -0.15) is 0 Å². The maximum atomic E-state index is 2.47. The molecule has 3 heteroatoms. The van der Waals surface area contributed by atoms with Crippen molar-refractivity contribution >= 4 is 54.7 Å². The van der Waals surface area contributed by atoms with Crippen LogP contribution >= 0.6 is 11.3 Å². The Labute approximate surface area is 508 Å². The molecule has 0 bridgehead atoms. The minimum Gasteiger partial charge on any atom is -0.313 e. The molecular formula is C82H78N2S. The number of thiophene rings is 1. The van der Waals surface area contributed by atoms with Crippen molar-refractivity contribution in [3.05, 3.63) is 252 Å². The molecule has 3 heterocycles. The first kappa shape index (κ1) is 55.7. The van der Waals surface area contributed by atoms with Gasteiger partial charge < -0.3 is 9.13 Å². The van der Waals surface area contributed by atoms with Crippen molar-refractivity contribution in [3.8, 4) is 76.8 Å². The monoisotopic (exact) mass is 1120 g/mol. The lowest BCUT2D eigenvalue weighted by Crippen LogP contribution is -2.10. The second-order valence-electron chi connectivity index (χ2n) is 28.0. The summed E-state index contributed by atoms with van der Waals surface area (Å²) in [5, 5.41) is 7.43. The zero-order valence-electron chi connectivity index (χ0n) is 52.1. The predicted octanol–water partition coefficient (Wildman–Crippen LogP) is 23.8. The van der Waals surface area contributed by atoms with Gasteiger partial charge in [0.25, 0.3) is 0 Å². The summed E-state index contributed by atoms with van der Waals surface area (Å²) < 4.78 is 4.93. The highest BCUT2D eigenvalue weighted by Crippen LogP contribution is 2.44. The molecule has 0 saturated carbocycles. The summed E-state index contributed by atoms with van der Waals surface area (Å²) >= 11 is 1.86. The highest BCUT2D eigenvalue weighted by atomic mass is 32.1. The SMILES string of the molecule is Cc1c(-c2ccc(C(C)(C)C)cc2)c2cc(-c3ccc(C(C)(C)C)cc3)ccc2n1-c1ccc2cc(-c3ccc(-c4ccc5cc(-n6c(C)c(-c7ccc(C(C)(C)C)cc7)c7cc(-c8ccc(C(C)(C)C)cc8)ccc76)ccc5c4)s3)ccc2c1. The van der Waals surface area contributed by atoms with E-state index in [1.54, 1.807) is 0 Å². The van der Waals surface area contributed by atoms with E-state index in [9.17, 15) is 0 Å². The Bertz CT molecular complexity index is 4400. The Morgan fingerprint density at radius 3 is 0.871 bits per heavy atom. The minimum atomic E-state index is 0.0781. The molecule has 0 aliphatic rings. The molecule has 0 aliphatic carbocycles. The number of rotatable bonds is 8. The van der Waals surface area contributed by atoms with Crippen LogP contribution in [-0.2, 0) is 21.7 Å². The molecule has 422 valence electrons. The predicted molar refractivity (Wildman–Crippen MR) is 370 cm³/mol. The maximum absolute atomic E-state index is 2.47. The van der Waals surface area contributed by atoms with E-state index < -0.39 is 0 Å². The molecule has 0 spiro atoms.